The van der Waals surface area contributed by atoms with Crippen LogP contribution in [0, 0.1) is 30.1 Å². The minimum atomic E-state index is -0.137. The molecule has 37 heavy (non-hydrogen) atoms. The van der Waals surface area contributed by atoms with E-state index in [1.54, 1.807) is 4.90 Å². The van der Waals surface area contributed by atoms with E-state index >= 15 is 0 Å². The highest BCUT2D eigenvalue weighted by Crippen LogP contribution is 2.60. The molecule has 5 aliphatic rings. The lowest BCUT2D eigenvalue weighted by atomic mass is 9.48. The summed E-state index contributed by atoms with van der Waals surface area (Å²) in [5.41, 5.74) is 4.45. The van der Waals surface area contributed by atoms with Gasteiger partial charge in [0.2, 0.25) is 0 Å². The zero-order valence-electron chi connectivity index (χ0n) is 22.1. The van der Waals surface area contributed by atoms with Gasteiger partial charge in [0, 0.05) is 5.41 Å². The molecule has 1 amide bonds. The monoisotopic (exact) mass is 512 g/mol. The van der Waals surface area contributed by atoms with E-state index in [1.165, 1.54) is 36.6 Å². The van der Waals surface area contributed by atoms with Crippen LogP contribution >= 0.6 is 11.8 Å². The van der Waals surface area contributed by atoms with Crippen LogP contribution in [0.1, 0.15) is 75.0 Å². The fourth-order valence-electron chi connectivity index (χ4n) is 7.38. The first kappa shape index (κ1) is 24.7. The number of benzene rings is 2. The first-order valence-corrected chi connectivity index (χ1v) is 14.8. The average molecular weight is 513 g/mol. The Morgan fingerprint density at radius 1 is 1.00 bits per heavy atom. The largest absolute Gasteiger partial charge is 0.298 e. The van der Waals surface area contributed by atoms with Crippen LogP contribution in [0.2, 0.25) is 0 Å². The maximum atomic E-state index is 13.7. The van der Waals surface area contributed by atoms with Gasteiger partial charge in [-0.1, -0.05) is 67.6 Å². The fourth-order valence-corrected chi connectivity index (χ4v) is 8.43. The van der Waals surface area contributed by atoms with E-state index in [-0.39, 0.29) is 11.3 Å². The summed E-state index contributed by atoms with van der Waals surface area (Å²) in [5, 5.41) is 0.608. The molecule has 4 saturated carbocycles. The molecule has 7 rings (SSSR count). The van der Waals surface area contributed by atoms with Crippen LogP contribution in [0.3, 0.4) is 0 Å². The Bertz CT molecular complexity index is 1240. The van der Waals surface area contributed by atoms with Crippen molar-refractivity contribution in [3.05, 3.63) is 70.9 Å². The number of amides is 1. The van der Waals surface area contributed by atoms with E-state index in [9.17, 15) is 9.59 Å². The number of ketones is 1. The maximum absolute atomic E-state index is 13.7. The molecule has 0 radical (unpaired) electrons. The van der Waals surface area contributed by atoms with Gasteiger partial charge in [-0.2, -0.15) is 0 Å². The number of nitrogens with zero attached hydrogens (tertiary/aromatic N) is 2. The predicted octanol–water partition coefficient (Wildman–Crippen LogP) is 7.38. The Hall–Kier alpha value is -2.66. The lowest BCUT2D eigenvalue weighted by Crippen LogP contribution is -2.50. The van der Waals surface area contributed by atoms with Gasteiger partial charge >= 0.3 is 0 Å². The molecule has 4 aliphatic carbocycles. The summed E-state index contributed by atoms with van der Waals surface area (Å²) in [4.78, 5) is 33.8. The minimum Gasteiger partial charge on any atom is -0.298 e. The molecule has 1 aliphatic heterocycles. The molecule has 0 aromatic heterocycles. The van der Waals surface area contributed by atoms with Gasteiger partial charge in [0.05, 0.1) is 11.4 Å². The first-order valence-electron chi connectivity index (χ1n) is 13.8. The third kappa shape index (κ3) is 4.71. The SMILES string of the molecule is Cc1ccc(N2C(=O)/C(=C/c3ccc(C(C)C)cc3)N=C2SCC(=O)C23CC4CC(CC(C4)C2)C3)cc1. The molecular formula is C32H36N2O2S. The zero-order chi connectivity index (χ0) is 25.7. The third-order valence-electron chi connectivity index (χ3n) is 8.99. The molecule has 2 aromatic rings. The van der Waals surface area contributed by atoms with Crippen LogP contribution < -0.4 is 4.90 Å². The third-order valence-corrected chi connectivity index (χ3v) is 9.93. The topological polar surface area (TPSA) is 49.7 Å². The molecule has 2 aromatic carbocycles. The summed E-state index contributed by atoms with van der Waals surface area (Å²) in [5.74, 6) is 3.30. The normalized spacial score (nSPS) is 29.5. The van der Waals surface area contributed by atoms with Crippen LogP contribution in [-0.2, 0) is 9.59 Å². The number of aliphatic imine (C=N–C) groups is 1. The summed E-state index contributed by atoms with van der Waals surface area (Å²) < 4.78 is 0. The Labute approximate surface area is 224 Å². The molecule has 0 saturated heterocycles. The summed E-state index contributed by atoms with van der Waals surface area (Å²) in [6.07, 6.45) is 9.06. The van der Waals surface area contributed by atoms with E-state index in [0.717, 1.165) is 53.8 Å². The molecule has 4 bridgehead atoms. The van der Waals surface area contributed by atoms with Crippen LogP contribution in [0.25, 0.3) is 6.08 Å². The van der Waals surface area contributed by atoms with Crippen LogP contribution in [0.15, 0.2) is 59.2 Å². The number of Topliss-reactive ketones (excluding diaryl/α,β-unsaturated/α-hetero) is 1. The number of hydrogen-bond acceptors (Lipinski definition) is 4. The quantitative estimate of drug-likeness (QED) is 0.379. The van der Waals surface area contributed by atoms with E-state index in [0.29, 0.717) is 28.3 Å². The summed E-state index contributed by atoms with van der Waals surface area (Å²) >= 11 is 1.44. The van der Waals surface area contributed by atoms with Gasteiger partial charge < -0.3 is 0 Å². The minimum absolute atomic E-state index is 0.129. The van der Waals surface area contributed by atoms with Crippen molar-refractivity contribution in [1.29, 1.82) is 0 Å². The van der Waals surface area contributed by atoms with Crippen LogP contribution in [0.4, 0.5) is 5.69 Å². The number of rotatable bonds is 6. The van der Waals surface area contributed by atoms with Crippen molar-refractivity contribution < 1.29 is 9.59 Å². The number of aryl methyl sites for hydroxylation is 1. The van der Waals surface area contributed by atoms with Gasteiger partial charge in [-0.25, -0.2) is 4.99 Å². The highest BCUT2D eigenvalue weighted by molar-refractivity contribution is 8.14. The molecule has 4 fully saturated rings. The number of thioether (sulfide) groups is 1. The number of hydrogen-bond donors (Lipinski definition) is 0. The average Bonchev–Trinajstić information content (AvgIpc) is 3.17. The van der Waals surface area contributed by atoms with Gasteiger partial charge in [-0.05, 0) is 98.5 Å². The number of anilines is 1. The molecule has 0 spiro atoms. The Morgan fingerprint density at radius 3 is 2.16 bits per heavy atom. The number of carbonyl (C=O) groups is 2. The summed E-state index contributed by atoms with van der Waals surface area (Å²) in [6.45, 7) is 6.38. The molecule has 0 atom stereocenters. The number of carbonyl (C=O) groups excluding carboxylic acids is 2. The predicted molar refractivity (Wildman–Crippen MR) is 153 cm³/mol. The Morgan fingerprint density at radius 2 is 1.59 bits per heavy atom. The van der Waals surface area contributed by atoms with Gasteiger partial charge in [-0.3, -0.25) is 14.5 Å². The standard InChI is InChI=1S/C32H36N2O2S/c1-20(2)26-8-6-22(7-9-26)15-28-30(36)34(27-10-4-21(3)5-11-27)31(33-28)37-19-29(35)32-16-23-12-24(17-32)14-25(13-23)18-32/h4-11,15,20,23-25H,12-14,16-19H2,1-3H3/b28-15-. The molecular weight excluding hydrogens is 476 g/mol. The number of amidine groups is 1. The molecule has 0 unspecified atom stereocenters. The van der Waals surface area contributed by atoms with Crippen molar-refractivity contribution in [3.8, 4) is 0 Å². The molecule has 4 nitrogen and oxygen atoms in total. The van der Waals surface area contributed by atoms with E-state index in [1.807, 2.05) is 49.4 Å². The highest BCUT2D eigenvalue weighted by atomic mass is 32.2. The van der Waals surface area contributed by atoms with Crippen molar-refractivity contribution in [2.24, 2.45) is 28.2 Å². The van der Waals surface area contributed by atoms with Crippen molar-refractivity contribution >= 4 is 40.4 Å². The van der Waals surface area contributed by atoms with Gasteiger partial charge in [0.25, 0.3) is 5.91 Å². The molecule has 5 heteroatoms. The van der Waals surface area contributed by atoms with E-state index in [4.69, 9.17) is 4.99 Å². The summed E-state index contributed by atoms with van der Waals surface area (Å²) in [7, 11) is 0. The Balaban J connectivity index is 1.25. The van der Waals surface area contributed by atoms with Crippen molar-refractivity contribution in [2.75, 3.05) is 10.7 Å². The lowest BCUT2D eigenvalue weighted by Gasteiger charge is -2.56. The molecule has 1 heterocycles. The van der Waals surface area contributed by atoms with Crippen LogP contribution in [-0.4, -0.2) is 22.6 Å². The van der Waals surface area contributed by atoms with Crippen molar-refractivity contribution in [2.45, 2.75) is 65.2 Å². The van der Waals surface area contributed by atoms with Gasteiger partial charge in [-0.15, -0.1) is 0 Å². The van der Waals surface area contributed by atoms with Gasteiger partial charge in [0.15, 0.2) is 5.17 Å². The second-order valence-corrected chi connectivity index (χ2v) is 13.1. The second kappa shape index (κ2) is 9.58. The highest BCUT2D eigenvalue weighted by Gasteiger charge is 2.54. The van der Waals surface area contributed by atoms with Crippen LogP contribution in [0.5, 0.6) is 0 Å². The summed E-state index contributed by atoms with van der Waals surface area (Å²) in [6, 6.07) is 16.3. The van der Waals surface area contributed by atoms with Crippen molar-refractivity contribution in [1.82, 2.24) is 0 Å². The fraction of sp³-hybridized carbons (Fsp3) is 0.469. The van der Waals surface area contributed by atoms with E-state index < -0.39 is 0 Å². The van der Waals surface area contributed by atoms with Gasteiger partial charge in [0.1, 0.15) is 11.5 Å². The van der Waals surface area contributed by atoms with Crippen molar-refractivity contribution in [3.63, 3.8) is 0 Å². The smallest absolute Gasteiger partial charge is 0.283 e. The first-order chi connectivity index (χ1) is 17.8. The lowest BCUT2D eigenvalue weighted by molar-refractivity contribution is -0.141. The zero-order valence-corrected chi connectivity index (χ0v) is 22.9. The Kier molecular flexibility index (Phi) is 6.38. The maximum Gasteiger partial charge on any atom is 0.283 e. The molecule has 0 N–H and O–H groups in total. The second-order valence-electron chi connectivity index (χ2n) is 12.1. The molecule has 192 valence electrons. The van der Waals surface area contributed by atoms with E-state index in [2.05, 4.69) is 26.0 Å².